The number of rotatable bonds is 3. The summed E-state index contributed by atoms with van der Waals surface area (Å²) in [6, 6.07) is 9.29. The third-order valence-electron chi connectivity index (χ3n) is 3.06. The Kier molecular flexibility index (Phi) is 4.29. The topological polar surface area (TPSA) is 30.7 Å². The minimum Gasteiger partial charge on any atom is -0.314 e. The highest BCUT2D eigenvalue weighted by atomic mass is 79.9. The molecule has 0 amide bonds. The predicted octanol–water partition coefficient (Wildman–Crippen LogP) is 5.06. The zero-order valence-corrected chi connectivity index (χ0v) is 13.9. The average molecular weight is 383 g/mol. The molecule has 3 nitrogen and oxygen atoms in total. The second-order valence-corrected chi connectivity index (χ2v) is 6.12. The van der Waals surface area contributed by atoms with Crippen molar-refractivity contribution in [2.24, 2.45) is 0 Å². The fourth-order valence-corrected chi connectivity index (χ4v) is 2.83. The number of aromatic nitrogens is 3. The summed E-state index contributed by atoms with van der Waals surface area (Å²) in [5, 5.41) is 1.34. The van der Waals surface area contributed by atoms with Crippen molar-refractivity contribution in [3.05, 3.63) is 69.1 Å². The van der Waals surface area contributed by atoms with E-state index >= 15 is 0 Å². The van der Waals surface area contributed by atoms with Crippen LogP contribution in [0.2, 0.25) is 10.0 Å². The molecule has 1 aromatic carbocycles. The van der Waals surface area contributed by atoms with E-state index in [1.807, 2.05) is 22.8 Å². The Labute approximate surface area is 140 Å². The van der Waals surface area contributed by atoms with Gasteiger partial charge in [-0.15, -0.1) is 0 Å². The summed E-state index contributed by atoms with van der Waals surface area (Å²) in [6.07, 6.45) is 5.28. The van der Waals surface area contributed by atoms with Crippen LogP contribution >= 0.6 is 39.1 Å². The van der Waals surface area contributed by atoms with E-state index in [9.17, 15) is 0 Å². The Bertz CT molecular complexity index is 772. The highest BCUT2D eigenvalue weighted by Gasteiger charge is 2.12. The molecule has 0 radical (unpaired) electrons. The molecule has 21 heavy (non-hydrogen) atoms. The van der Waals surface area contributed by atoms with Gasteiger partial charge in [0.05, 0.1) is 12.7 Å². The van der Waals surface area contributed by atoms with Crippen LogP contribution in [0.25, 0.3) is 11.4 Å². The van der Waals surface area contributed by atoms with Gasteiger partial charge in [0.2, 0.25) is 0 Å². The van der Waals surface area contributed by atoms with Gasteiger partial charge in [0.1, 0.15) is 10.4 Å². The summed E-state index contributed by atoms with van der Waals surface area (Å²) in [7, 11) is 0. The van der Waals surface area contributed by atoms with E-state index in [0.717, 1.165) is 21.6 Å². The molecule has 0 N–H and O–H groups in total. The van der Waals surface area contributed by atoms with Crippen LogP contribution in [0.15, 0.2) is 53.5 Å². The summed E-state index contributed by atoms with van der Waals surface area (Å²) in [4.78, 5) is 8.57. The van der Waals surface area contributed by atoms with Gasteiger partial charge in [0, 0.05) is 28.0 Å². The van der Waals surface area contributed by atoms with Crippen LogP contribution in [-0.4, -0.2) is 14.5 Å². The summed E-state index contributed by atoms with van der Waals surface area (Å²) in [5.74, 6) is 0.825. The van der Waals surface area contributed by atoms with Crippen molar-refractivity contribution >= 4 is 39.1 Å². The van der Waals surface area contributed by atoms with Crippen molar-refractivity contribution in [3.63, 3.8) is 0 Å². The van der Waals surface area contributed by atoms with Crippen molar-refractivity contribution in [1.82, 2.24) is 14.5 Å². The van der Waals surface area contributed by atoms with E-state index in [0.29, 0.717) is 16.6 Å². The average Bonchev–Trinajstić information content (AvgIpc) is 2.85. The molecule has 0 spiro atoms. The van der Waals surface area contributed by atoms with Gasteiger partial charge < -0.3 is 4.57 Å². The Hall–Kier alpha value is -1.36. The first-order valence-electron chi connectivity index (χ1n) is 6.20. The molecule has 0 saturated heterocycles. The van der Waals surface area contributed by atoms with E-state index < -0.39 is 0 Å². The van der Waals surface area contributed by atoms with Gasteiger partial charge in [-0.3, -0.25) is 4.98 Å². The molecule has 0 fully saturated rings. The minimum atomic E-state index is 0.574. The number of benzene rings is 1. The molecule has 0 atom stereocenters. The molecule has 0 unspecified atom stereocenters. The number of hydrogen-bond donors (Lipinski definition) is 0. The predicted molar refractivity (Wildman–Crippen MR) is 88.7 cm³/mol. The molecule has 106 valence electrons. The van der Waals surface area contributed by atoms with Gasteiger partial charge in [-0.25, -0.2) is 4.98 Å². The Morgan fingerprint density at radius 1 is 1.14 bits per heavy atom. The van der Waals surface area contributed by atoms with Crippen LogP contribution in [0.3, 0.4) is 0 Å². The van der Waals surface area contributed by atoms with Crippen molar-refractivity contribution in [1.29, 1.82) is 0 Å². The second kappa shape index (κ2) is 6.18. The molecular weight excluding hydrogens is 373 g/mol. The van der Waals surface area contributed by atoms with Crippen LogP contribution in [0.5, 0.6) is 0 Å². The number of halogens is 3. The van der Waals surface area contributed by atoms with E-state index in [4.69, 9.17) is 23.2 Å². The molecule has 3 rings (SSSR count). The van der Waals surface area contributed by atoms with E-state index in [1.165, 1.54) is 0 Å². The van der Waals surface area contributed by atoms with E-state index in [1.54, 1.807) is 30.7 Å². The molecule has 3 aromatic rings. The largest absolute Gasteiger partial charge is 0.314 e. The van der Waals surface area contributed by atoms with Gasteiger partial charge in [-0.2, -0.15) is 0 Å². The molecule has 2 heterocycles. The first kappa shape index (κ1) is 14.6. The maximum Gasteiger partial charge on any atom is 0.142 e. The lowest BCUT2D eigenvalue weighted by molar-refractivity contribution is 0.789. The zero-order valence-electron chi connectivity index (χ0n) is 10.8. The summed E-state index contributed by atoms with van der Waals surface area (Å²) < 4.78 is 2.89. The molecule has 2 aromatic heterocycles. The monoisotopic (exact) mass is 381 g/mol. The minimum absolute atomic E-state index is 0.574. The quantitative estimate of drug-likeness (QED) is 0.633. The molecule has 0 saturated carbocycles. The van der Waals surface area contributed by atoms with Gasteiger partial charge >= 0.3 is 0 Å². The molecule has 0 bridgehead atoms. The third kappa shape index (κ3) is 3.12. The summed E-state index contributed by atoms with van der Waals surface area (Å²) in [5.41, 5.74) is 1.88. The standard InChI is InChI=1S/C15H10BrCl2N3/c16-14-8-20-15(10-2-1-5-19-7-10)21(14)9-11-6-12(17)3-4-13(11)18/h1-8H,9H2. The smallest absolute Gasteiger partial charge is 0.142 e. The van der Waals surface area contributed by atoms with Crippen LogP contribution in [0, 0.1) is 0 Å². The molecule has 6 heteroatoms. The van der Waals surface area contributed by atoms with Crippen molar-refractivity contribution in [3.8, 4) is 11.4 Å². The Morgan fingerprint density at radius 3 is 2.76 bits per heavy atom. The van der Waals surface area contributed by atoms with Crippen LogP contribution in [0.4, 0.5) is 0 Å². The number of pyridine rings is 1. The van der Waals surface area contributed by atoms with Gasteiger partial charge in [-0.1, -0.05) is 23.2 Å². The lowest BCUT2D eigenvalue weighted by Gasteiger charge is -2.11. The number of imidazole rings is 1. The maximum atomic E-state index is 6.24. The number of nitrogens with zero attached hydrogens (tertiary/aromatic N) is 3. The maximum absolute atomic E-state index is 6.24. The van der Waals surface area contributed by atoms with Gasteiger partial charge in [-0.05, 0) is 51.8 Å². The lowest BCUT2D eigenvalue weighted by Crippen LogP contribution is -2.03. The molecule has 0 aliphatic rings. The zero-order chi connectivity index (χ0) is 14.8. The Balaban J connectivity index is 2.03. The Morgan fingerprint density at radius 2 is 2.00 bits per heavy atom. The van der Waals surface area contributed by atoms with Gasteiger partial charge in [0.25, 0.3) is 0 Å². The van der Waals surface area contributed by atoms with Gasteiger partial charge in [0.15, 0.2) is 0 Å². The lowest BCUT2D eigenvalue weighted by atomic mass is 10.2. The first-order valence-corrected chi connectivity index (χ1v) is 7.75. The highest BCUT2D eigenvalue weighted by Crippen LogP contribution is 2.27. The third-order valence-corrected chi connectivity index (χ3v) is 4.30. The summed E-state index contributed by atoms with van der Waals surface area (Å²) in [6.45, 7) is 0.574. The highest BCUT2D eigenvalue weighted by molar-refractivity contribution is 9.10. The van der Waals surface area contributed by atoms with Crippen LogP contribution in [0.1, 0.15) is 5.56 Å². The SMILES string of the molecule is Clc1ccc(Cl)c(Cn2c(Br)cnc2-c2cccnc2)c1. The normalized spacial score (nSPS) is 10.8. The van der Waals surface area contributed by atoms with Crippen LogP contribution < -0.4 is 0 Å². The fraction of sp³-hybridized carbons (Fsp3) is 0.0667. The van der Waals surface area contributed by atoms with Crippen molar-refractivity contribution < 1.29 is 0 Å². The van der Waals surface area contributed by atoms with Crippen LogP contribution in [-0.2, 0) is 6.54 Å². The molecule has 0 aliphatic heterocycles. The molecule has 0 aliphatic carbocycles. The number of hydrogen-bond acceptors (Lipinski definition) is 2. The first-order chi connectivity index (χ1) is 10.1. The van der Waals surface area contributed by atoms with E-state index in [2.05, 4.69) is 25.9 Å². The second-order valence-electron chi connectivity index (χ2n) is 4.47. The van der Waals surface area contributed by atoms with E-state index in [-0.39, 0.29) is 0 Å². The fourth-order valence-electron chi connectivity index (χ4n) is 2.07. The molecular formula is C15H10BrCl2N3. The van der Waals surface area contributed by atoms with Crippen molar-refractivity contribution in [2.45, 2.75) is 6.54 Å². The summed E-state index contributed by atoms with van der Waals surface area (Å²) >= 11 is 15.8. The van der Waals surface area contributed by atoms with Crippen molar-refractivity contribution in [2.75, 3.05) is 0 Å².